The van der Waals surface area contributed by atoms with Crippen molar-refractivity contribution in [3.8, 4) is 5.75 Å². The number of carbonyl (C=O) groups excluding carboxylic acids is 2. The van der Waals surface area contributed by atoms with Crippen LogP contribution in [0.15, 0.2) is 40.8 Å². The zero-order valence-corrected chi connectivity index (χ0v) is 16.7. The SMILES string of the molecule is CCOc1ccc(NC(=O)CC2SC(=Nc3nccs3)N(CC)C2=O)cc1. The maximum Gasteiger partial charge on any atom is 0.242 e. The van der Waals surface area contributed by atoms with Crippen molar-refractivity contribution in [1.29, 1.82) is 0 Å². The molecular formula is C18H20N4O3S2. The molecule has 2 amide bonds. The second-order valence-electron chi connectivity index (χ2n) is 5.61. The first kappa shape index (κ1) is 19.4. The fraction of sp³-hybridized carbons (Fsp3) is 0.333. The van der Waals surface area contributed by atoms with E-state index in [-0.39, 0.29) is 18.2 Å². The molecule has 0 aliphatic carbocycles. The topological polar surface area (TPSA) is 83.9 Å². The first-order valence-electron chi connectivity index (χ1n) is 8.59. The second kappa shape index (κ2) is 9.01. The monoisotopic (exact) mass is 404 g/mol. The predicted octanol–water partition coefficient (Wildman–Crippen LogP) is 3.52. The molecule has 0 radical (unpaired) electrons. The van der Waals surface area contributed by atoms with Crippen LogP contribution in [0.5, 0.6) is 5.75 Å². The van der Waals surface area contributed by atoms with Crippen LogP contribution in [-0.2, 0) is 9.59 Å². The number of hydrogen-bond donors (Lipinski definition) is 1. The highest BCUT2D eigenvalue weighted by atomic mass is 32.2. The van der Waals surface area contributed by atoms with Gasteiger partial charge in [0.05, 0.1) is 6.61 Å². The van der Waals surface area contributed by atoms with Gasteiger partial charge >= 0.3 is 0 Å². The van der Waals surface area contributed by atoms with E-state index in [2.05, 4.69) is 15.3 Å². The molecule has 0 bridgehead atoms. The van der Waals surface area contributed by atoms with Crippen molar-refractivity contribution in [2.75, 3.05) is 18.5 Å². The number of hydrogen-bond acceptors (Lipinski definition) is 7. The highest BCUT2D eigenvalue weighted by Crippen LogP contribution is 2.32. The Kier molecular flexibility index (Phi) is 6.46. The molecule has 0 saturated carbocycles. The van der Waals surface area contributed by atoms with Crippen LogP contribution >= 0.6 is 23.1 Å². The van der Waals surface area contributed by atoms with E-state index in [9.17, 15) is 9.59 Å². The van der Waals surface area contributed by atoms with Crippen LogP contribution in [0, 0.1) is 0 Å². The van der Waals surface area contributed by atoms with Crippen LogP contribution < -0.4 is 10.1 Å². The average molecular weight is 405 g/mol. The summed E-state index contributed by atoms with van der Waals surface area (Å²) in [5, 5.41) is 5.37. The lowest BCUT2D eigenvalue weighted by Gasteiger charge is -2.13. The molecule has 2 aromatic rings. The van der Waals surface area contributed by atoms with Gasteiger partial charge in [0.2, 0.25) is 16.9 Å². The fourth-order valence-electron chi connectivity index (χ4n) is 2.55. The van der Waals surface area contributed by atoms with Crippen LogP contribution in [-0.4, -0.2) is 45.3 Å². The summed E-state index contributed by atoms with van der Waals surface area (Å²) < 4.78 is 5.38. The van der Waals surface area contributed by atoms with Crippen LogP contribution in [0.4, 0.5) is 10.8 Å². The van der Waals surface area contributed by atoms with E-state index < -0.39 is 5.25 Å². The van der Waals surface area contributed by atoms with Crippen molar-refractivity contribution in [2.24, 2.45) is 4.99 Å². The Morgan fingerprint density at radius 1 is 1.33 bits per heavy atom. The number of amides is 2. The Morgan fingerprint density at radius 2 is 2.11 bits per heavy atom. The normalized spacial score (nSPS) is 18.1. The van der Waals surface area contributed by atoms with E-state index in [4.69, 9.17) is 4.74 Å². The van der Waals surface area contributed by atoms with Gasteiger partial charge < -0.3 is 10.1 Å². The van der Waals surface area contributed by atoms with Crippen molar-refractivity contribution < 1.29 is 14.3 Å². The summed E-state index contributed by atoms with van der Waals surface area (Å²) in [7, 11) is 0. The molecule has 1 fully saturated rings. The lowest BCUT2D eigenvalue weighted by atomic mass is 10.2. The molecule has 9 heteroatoms. The van der Waals surface area contributed by atoms with Crippen molar-refractivity contribution in [3.05, 3.63) is 35.8 Å². The first-order valence-corrected chi connectivity index (χ1v) is 10.4. The molecule has 1 aromatic carbocycles. The van der Waals surface area contributed by atoms with Gasteiger partial charge in [-0.25, -0.2) is 4.98 Å². The Morgan fingerprint density at radius 3 is 2.74 bits per heavy atom. The highest BCUT2D eigenvalue weighted by molar-refractivity contribution is 8.15. The van der Waals surface area contributed by atoms with Gasteiger partial charge in [0.15, 0.2) is 5.17 Å². The predicted molar refractivity (Wildman–Crippen MR) is 109 cm³/mol. The van der Waals surface area contributed by atoms with E-state index in [1.807, 2.05) is 19.2 Å². The number of anilines is 1. The molecule has 1 saturated heterocycles. The Balaban J connectivity index is 1.62. The van der Waals surface area contributed by atoms with Crippen molar-refractivity contribution in [3.63, 3.8) is 0 Å². The summed E-state index contributed by atoms with van der Waals surface area (Å²) in [6.45, 7) is 4.90. The third-order valence-electron chi connectivity index (χ3n) is 3.77. The molecule has 2 heterocycles. The van der Waals surface area contributed by atoms with Gasteiger partial charge in [0.25, 0.3) is 0 Å². The standard InChI is InChI=1S/C18H20N4O3S2/c1-3-22-16(24)14(27-18(22)21-17-19-9-10-26-17)11-15(23)20-12-5-7-13(8-6-12)25-4-2/h5-10,14H,3-4,11H2,1-2H3,(H,20,23). The molecule has 1 aliphatic heterocycles. The molecule has 1 atom stereocenters. The number of ether oxygens (including phenoxy) is 1. The number of nitrogens with one attached hydrogen (secondary N) is 1. The summed E-state index contributed by atoms with van der Waals surface area (Å²) in [5.74, 6) is 0.440. The lowest BCUT2D eigenvalue weighted by Crippen LogP contribution is -2.33. The summed E-state index contributed by atoms with van der Waals surface area (Å²) in [4.78, 5) is 35.1. The summed E-state index contributed by atoms with van der Waals surface area (Å²) >= 11 is 2.72. The Hall–Kier alpha value is -2.39. The molecule has 3 rings (SSSR count). The third kappa shape index (κ3) is 4.86. The minimum absolute atomic E-state index is 0.0874. The largest absolute Gasteiger partial charge is 0.494 e. The quantitative estimate of drug-likeness (QED) is 0.763. The van der Waals surface area contributed by atoms with E-state index in [1.54, 1.807) is 35.4 Å². The van der Waals surface area contributed by atoms with Gasteiger partial charge in [-0.05, 0) is 38.1 Å². The minimum Gasteiger partial charge on any atom is -0.494 e. The molecule has 7 nitrogen and oxygen atoms in total. The highest BCUT2D eigenvalue weighted by Gasteiger charge is 2.38. The molecule has 1 unspecified atom stereocenters. The molecule has 0 spiro atoms. The summed E-state index contributed by atoms with van der Waals surface area (Å²) in [6, 6.07) is 7.15. The average Bonchev–Trinajstić information content (AvgIpc) is 3.26. The minimum atomic E-state index is -0.480. The smallest absolute Gasteiger partial charge is 0.242 e. The van der Waals surface area contributed by atoms with Gasteiger partial charge in [-0.2, -0.15) is 4.99 Å². The molecule has 27 heavy (non-hydrogen) atoms. The van der Waals surface area contributed by atoms with Gasteiger partial charge in [-0.3, -0.25) is 14.5 Å². The lowest BCUT2D eigenvalue weighted by molar-refractivity contribution is -0.128. The number of benzene rings is 1. The van der Waals surface area contributed by atoms with Crippen LogP contribution in [0.1, 0.15) is 20.3 Å². The Bertz CT molecular complexity index is 822. The molecule has 1 aliphatic rings. The number of thioether (sulfide) groups is 1. The van der Waals surface area contributed by atoms with Crippen molar-refractivity contribution in [2.45, 2.75) is 25.5 Å². The van der Waals surface area contributed by atoms with E-state index in [1.165, 1.54) is 23.1 Å². The maximum absolute atomic E-state index is 12.6. The van der Waals surface area contributed by atoms with Crippen LogP contribution in [0.3, 0.4) is 0 Å². The molecule has 1 aromatic heterocycles. The zero-order chi connectivity index (χ0) is 19.2. The number of aromatic nitrogens is 1. The molecule has 142 valence electrons. The zero-order valence-electron chi connectivity index (χ0n) is 15.0. The fourth-order valence-corrected chi connectivity index (χ4v) is 4.32. The second-order valence-corrected chi connectivity index (χ2v) is 7.65. The van der Waals surface area contributed by atoms with Crippen molar-refractivity contribution in [1.82, 2.24) is 9.88 Å². The van der Waals surface area contributed by atoms with E-state index >= 15 is 0 Å². The van der Waals surface area contributed by atoms with Crippen LogP contribution in [0.25, 0.3) is 0 Å². The maximum atomic E-state index is 12.6. The number of nitrogens with zero attached hydrogens (tertiary/aromatic N) is 3. The van der Waals surface area contributed by atoms with Gasteiger partial charge in [0, 0.05) is 30.2 Å². The van der Waals surface area contributed by atoms with Gasteiger partial charge in [-0.1, -0.05) is 11.8 Å². The van der Waals surface area contributed by atoms with E-state index in [0.717, 1.165) is 5.75 Å². The first-order chi connectivity index (χ1) is 13.1. The summed E-state index contributed by atoms with van der Waals surface area (Å²) in [6.07, 6.45) is 1.76. The Labute approximate surface area is 165 Å². The van der Waals surface area contributed by atoms with Crippen molar-refractivity contribution >= 4 is 50.9 Å². The number of carbonyl (C=O) groups is 2. The number of rotatable bonds is 7. The van der Waals surface area contributed by atoms with E-state index in [0.29, 0.717) is 29.1 Å². The third-order valence-corrected chi connectivity index (χ3v) is 5.61. The molecular weight excluding hydrogens is 384 g/mol. The van der Waals surface area contributed by atoms with Gasteiger partial charge in [0.1, 0.15) is 11.0 Å². The number of amidine groups is 1. The number of aliphatic imine (C=N–C) groups is 1. The number of thiazole rings is 1. The van der Waals surface area contributed by atoms with Crippen LogP contribution in [0.2, 0.25) is 0 Å². The van der Waals surface area contributed by atoms with Gasteiger partial charge in [-0.15, -0.1) is 11.3 Å². The summed E-state index contributed by atoms with van der Waals surface area (Å²) in [5.41, 5.74) is 0.669. The molecule has 1 N–H and O–H groups in total.